The molecule has 0 atom stereocenters. The second-order valence-electron chi connectivity index (χ2n) is 2.34. The quantitative estimate of drug-likeness (QED) is 0.445. The zero-order chi connectivity index (χ0) is 12.4. The molecule has 1 rings (SSSR count). The van der Waals surface area contributed by atoms with E-state index in [0.29, 0.717) is 6.61 Å². The highest BCUT2D eigenvalue weighted by Gasteiger charge is 1.96. The molecule has 1 aromatic heterocycles. The van der Waals surface area contributed by atoms with Crippen LogP contribution >= 0.6 is 0 Å². The second kappa shape index (κ2) is 8.03. The number of halogens is 1. The fourth-order valence-electron chi connectivity index (χ4n) is 0.659. The summed E-state index contributed by atoms with van der Waals surface area (Å²) in [6, 6.07) is 5.61. The van der Waals surface area contributed by atoms with Crippen LogP contribution in [0.15, 0.2) is 35.1 Å². The molecule has 6 nitrogen and oxygen atoms in total. The molecule has 7 heteroatoms. The zero-order valence-corrected chi connectivity index (χ0v) is 9.25. The van der Waals surface area contributed by atoms with E-state index in [1.807, 2.05) is 25.1 Å². The number of hydrogen-bond donors (Lipinski definition) is 0. The Morgan fingerprint density at radius 2 is 1.94 bits per heavy atom. The highest BCUT2D eigenvalue weighted by atomic mass is 35.7. The van der Waals surface area contributed by atoms with Gasteiger partial charge in [0.2, 0.25) is 0 Å². The van der Waals surface area contributed by atoms with Crippen LogP contribution in [0.3, 0.4) is 0 Å². The topological polar surface area (TPSA) is 113 Å². The zero-order valence-electron chi connectivity index (χ0n) is 8.50. The van der Waals surface area contributed by atoms with E-state index in [2.05, 4.69) is 0 Å². The van der Waals surface area contributed by atoms with Crippen LogP contribution < -0.4 is 18.6 Å². The van der Waals surface area contributed by atoms with Crippen LogP contribution in [0.4, 0.5) is 0 Å². The maximum absolute atomic E-state index is 8.49. The van der Waals surface area contributed by atoms with E-state index in [4.69, 9.17) is 27.8 Å². The van der Waals surface area contributed by atoms with E-state index in [1.54, 1.807) is 18.6 Å². The molecule has 0 aliphatic rings. The van der Waals surface area contributed by atoms with Gasteiger partial charge in [0, 0.05) is 12.1 Å². The first-order valence-electron chi connectivity index (χ1n) is 4.20. The van der Waals surface area contributed by atoms with Crippen molar-refractivity contribution in [1.82, 2.24) is 0 Å². The van der Waals surface area contributed by atoms with Gasteiger partial charge in [-0.1, -0.05) is 0 Å². The smallest absolute Gasteiger partial charge is 0.355 e. The summed E-state index contributed by atoms with van der Waals surface area (Å²) in [5.74, 6) is 0.793. The summed E-state index contributed by atoms with van der Waals surface area (Å²) in [7, 11) is -4.94. The van der Waals surface area contributed by atoms with Gasteiger partial charge in [-0.15, -0.1) is 10.2 Å². The van der Waals surface area contributed by atoms with Gasteiger partial charge in [0.25, 0.3) is 0 Å². The van der Waals surface area contributed by atoms with Crippen LogP contribution in [0.25, 0.3) is 6.08 Å². The molecule has 0 saturated heterocycles. The lowest BCUT2D eigenvalue weighted by atomic mass is 10.4. The van der Waals surface area contributed by atoms with Crippen LogP contribution in [-0.4, -0.2) is 6.61 Å². The average Bonchev–Trinajstić information content (AvgIpc) is 2.17. The van der Waals surface area contributed by atoms with Crippen molar-refractivity contribution in [3.05, 3.63) is 36.5 Å². The third-order valence-electron chi connectivity index (χ3n) is 1.15. The third kappa shape index (κ3) is 12.8. The van der Waals surface area contributed by atoms with Crippen LogP contribution in [0, 0.1) is 10.2 Å². The second-order valence-corrected chi connectivity index (χ2v) is 3.10. The molecule has 0 spiro atoms. The van der Waals surface area contributed by atoms with Crippen LogP contribution in [0.5, 0.6) is 0 Å². The summed E-state index contributed by atoms with van der Waals surface area (Å²) in [5.41, 5.74) is 0. The van der Waals surface area contributed by atoms with Gasteiger partial charge in [0.1, 0.15) is 0 Å². The number of ether oxygens (including phenoxy) is 1. The maximum atomic E-state index is 8.49. The van der Waals surface area contributed by atoms with E-state index in [1.165, 1.54) is 0 Å². The first-order valence-corrected chi connectivity index (χ1v) is 5.43. The van der Waals surface area contributed by atoms with Gasteiger partial charge in [0.05, 0.1) is 18.9 Å². The molecule has 0 fully saturated rings. The van der Waals surface area contributed by atoms with Gasteiger partial charge >= 0.3 is 12.0 Å². The lowest BCUT2D eigenvalue weighted by Gasteiger charge is -2.17. The van der Waals surface area contributed by atoms with Gasteiger partial charge in [-0.2, -0.15) is 0 Å². The lowest BCUT2D eigenvalue weighted by Crippen LogP contribution is -2.68. The van der Waals surface area contributed by atoms with E-state index in [0.717, 1.165) is 5.76 Å². The fraction of sp³-hybridized carbons (Fsp3) is 0.222. The Balaban J connectivity index is 0.000000385. The molecule has 1 heterocycles. The minimum atomic E-state index is -4.94. The molecule has 0 bridgehead atoms. The fourth-order valence-corrected chi connectivity index (χ4v) is 0.659. The van der Waals surface area contributed by atoms with Crippen molar-refractivity contribution in [2.75, 3.05) is 6.61 Å². The highest BCUT2D eigenvalue weighted by Crippen LogP contribution is 2.00. The molecule has 0 N–H and O–H groups in total. The van der Waals surface area contributed by atoms with E-state index in [9.17, 15) is 0 Å². The van der Waals surface area contributed by atoms with Crippen LogP contribution in [0.2, 0.25) is 0 Å². The lowest BCUT2D eigenvalue weighted by molar-refractivity contribution is -2.00. The Morgan fingerprint density at radius 3 is 2.38 bits per heavy atom. The van der Waals surface area contributed by atoms with Crippen LogP contribution in [-0.2, 0) is 4.74 Å². The number of hydrogen-bond acceptors (Lipinski definition) is 5. The molecule has 0 aromatic carbocycles. The van der Waals surface area contributed by atoms with Gasteiger partial charge < -0.3 is 4.74 Å². The first kappa shape index (κ1) is 14.8. The summed E-state index contributed by atoms with van der Waals surface area (Å²) in [6.45, 7) is 2.62. The normalized spacial score (nSPS) is 10.8. The van der Waals surface area contributed by atoms with Gasteiger partial charge in [-0.05, 0) is 13.0 Å². The Morgan fingerprint density at radius 1 is 1.31 bits per heavy atom. The molecule has 1 aromatic rings. The van der Waals surface area contributed by atoms with Crippen molar-refractivity contribution in [2.45, 2.75) is 6.92 Å². The van der Waals surface area contributed by atoms with E-state index >= 15 is 0 Å². The van der Waals surface area contributed by atoms with Crippen molar-refractivity contribution < 1.29 is 38.0 Å². The summed E-state index contributed by atoms with van der Waals surface area (Å²) in [5, 5.41) is 0. The van der Waals surface area contributed by atoms with Crippen LogP contribution in [0.1, 0.15) is 12.7 Å². The van der Waals surface area contributed by atoms with Gasteiger partial charge in [0.15, 0.2) is 0 Å². The van der Waals surface area contributed by atoms with E-state index < -0.39 is 10.2 Å². The Labute approximate surface area is 94.8 Å². The molecular formula is C9H11ClO6. The Hall–Kier alpha value is -1.18. The third-order valence-corrected chi connectivity index (χ3v) is 1.15. The maximum Gasteiger partial charge on any atom is 0.355 e. The Bertz CT molecular complexity index is 289. The standard InChI is InChI=1S/C9H11O2.ClHO4/c1-2-10-8-6-9-5-3-4-7-11-9;2-1(3,4)5/h3-8H,2H2,1H3;(H,2,3,4,5)/q+1;/p-1. The summed E-state index contributed by atoms with van der Waals surface area (Å²) >= 11 is 0. The summed E-state index contributed by atoms with van der Waals surface area (Å²) < 4.78 is 44.1. The molecule has 0 unspecified atom stereocenters. The summed E-state index contributed by atoms with van der Waals surface area (Å²) in [4.78, 5) is 0. The molecule has 0 radical (unpaired) electrons. The molecular weight excluding hydrogens is 240 g/mol. The molecule has 16 heavy (non-hydrogen) atoms. The predicted molar refractivity (Wildman–Crippen MR) is 43.8 cm³/mol. The van der Waals surface area contributed by atoms with Crippen molar-refractivity contribution in [3.63, 3.8) is 0 Å². The molecule has 0 saturated carbocycles. The number of rotatable bonds is 3. The molecule has 0 amide bonds. The van der Waals surface area contributed by atoms with Crippen molar-refractivity contribution in [2.24, 2.45) is 0 Å². The minimum absolute atomic E-state index is 0.684. The highest BCUT2D eigenvalue weighted by molar-refractivity contribution is 5.39. The minimum Gasteiger partial charge on any atom is -0.501 e. The summed E-state index contributed by atoms with van der Waals surface area (Å²) in [6.07, 6.45) is 5.04. The average molecular weight is 251 g/mol. The van der Waals surface area contributed by atoms with Crippen molar-refractivity contribution >= 4 is 6.08 Å². The Kier molecular flexibility index (Phi) is 7.44. The molecule has 0 aliphatic carbocycles. The first-order chi connectivity index (χ1) is 7.43. The van der Waals surface area contributed by atoms with E-state index in [-0.39, 0.29) is 0 Å². The van der Waals surface area contributed by atoms with Gasteiger partial charge in [-0.25, -0.2) is 23.1 Å². The predicted octanol–water partition coefficient (Wildman–Crippen LogP) is -2.19. The van der Waals surface area contributed by atoms with Crippen molar-refractivity contribution in [1.29, 1.82) is 0 Å². The van der Waals surface area contributed by atoms with Gasteiger partial charge in [-0.3, -0.25) is 0 Å². The largest absolute Gasteiger partial charge is 0.501 e. The molecule has 0 aliphatic heterocycles. The molecule has 90 valence electrons. The monoisotopic (exact) mass is 250 g/mol. The SMILES string of the molecule is CCOC=Cc1cccc[o+]1.[O-][Cl+3]([O-])([O-])[O-]. The van der Waals surface area contributed by atoms with Crippen molar-refractivity contribution in [3.8, 4) is 0 Å².